The van der Waals surface area contributed by atoms with Crippen molar-refractivity contribution in [2.24, 2.45) is 0 Å². The summed E-state index contributed by atoms with van der Waals surface area (Å²) in [5.74, 6) is -1.03. The van der Waals surface area contributed by atoms with Gasteiger partial charge in [0, 0.05) is 24.0 Å². The first-order valence-electron chi connectivity index (χ1n) is 12.1. The molecule has 0 aliphatic heterocycles. The van der Waals surface area contributed by atoms with Crippen LogP contribution in [0.25, 0.3) is 27.3 Å². The van der Waals surface area contributed by atoms with Gasteiger partial charge >= 0.3 is 0 Å². The van der Waals surface area contributed by atoms with Crippen LogP contribution in [0.5, 0.6) is 0 Å². The summed E-state index contributed by atoms with van der Waals surface area (Å²) in [4.78, 5) is 38.6. The van der Waals surface area contributed by atoms with E-state index >= 15 is 0 Å². The number of carbonyl (C=O) groups is 3. The fourth-order valence-corrected chi connectivity index (χ4v) is 5.24. The van der Waals surface area contributed by atoms with E-state index in [2.05, 4.69) is 0 Å². The molecule has 37 heavy (non-hydrogen) atoms. The number of fused-ring (bicyclic) bond motifs is 6. The standard InChI is InChI=1S/C33H22O4/c34-30-18-28-22-10-6-4-8-20(22)14-16-24(28)32(36)26(30)12-2-1-3-13-27-31(35)19-29-23-11-7-5-9-21(23)15-17-25(29)33(27)37/h1-17,36H,18-19H2/p-1. The van der Waals surface area contributed by atoms with E-state index in [4.69, 9.17) is 0 Å². The van der Waals surface area contributed by atoms with Gasteiger partial charge in [0.1, 0.15) is 0 Å². The Morgan fingerprint density at radius 2 is 1.22 bits per heavy atom. The largest absolute Gasteiger partial charge is 0.872 e. The van der Waals surface area contributed by atoms with Crippen LogP contribution in [0.4, 0.5) is 0 Å². The number of rotatable bonds is 3. The zero-order valence-electron chi connectivity index (χ0n) is 19.9. The van der Waals surface area contributed by atoms with Crippen molar-refractivity contribution in [2.75, 3.05) is 0 Å². The maximum atomic E-state index is 13.0. The number of benzene rings is 4. The van der Waals surface area contributed by atoms with E-state index in [0.717, 1.165) is 32.7 Å². The summed E-state index contributed by atoms with van der Waals surface area (Å²) in [5, 5.41) is 16.9. The minimum Gasteiger partial charge on any atom is -0.872 e. The van der Waals surface area contributed by atoms with Crippen molar-refractivity contribution >= 4 is 44.7 Å². The van der Waals surface area contributed by atoms with E-state index in [-0.39, 0.29) is 47.1 Å². The second-order valence-electron chi connectivity index (χ2n) is 9.22. The lowest BCUT2D eigenvalue weighted by atomic mass is 9.83. The van der Waals surface area contributed by atoms with Crippen molar-refractivity contribution in [3.8, 4) is 0 Å². The molecule has 0 bridgehead atoms. The van der Waals surface area contributed by atoms with Gasteiger partial charge < -0.3 is 5.11 Å². The number of carbonyl (C=O) groups excluding carboxylic acids is 3. The minimum absolute atomic E-state index is 0.130. The molecule has 0 atom stereocenters. The van der Waals surface area contributed by atoms with Crippen LogP contribution >= 0.6 is 0 Å². The van der Waals surface area contributed by atoms with Crippen molar-refractivity contribution in [3.05, 3.63) is 137 Å². The summed E-state index contributed by atoms with van der Waals surface area (Å²) in [6.07, 6.45) is 8.15. The van der Waals surface area contributed by atoms with E-state index in [1.54, 1.807) is 30.4 Å². The molecule has 0 amide bonds. The molecule has 6 rings (SSSR count). The van der Waals surface area contributed by atoms with Gasteiger partial charge in [0.2, 0.25) is 0 Å². The quantitative estimate of drug-likeness (QED) is 0.228. The molecule has 0 heterocycles. The summed E-state index contributed by atoms with van der Waals surface area (Å²) in [6.45, 7) is 0. The van der Waals surface area contributed by atoms with Crippen molar-refractivity contribution < 1.29 is 19.5 Å². The van der Waals surface area contributed by atoms with Crippen LogP contribution in [0.3, 0.4) is 0 Å². The maximum Gasteiger partial charge on any atom is 0.196 e. The molecule has 0 unspecified atom stereocenters. The summed E-state index contributed by atoms with van der Waals surface area (Å²) in [6, 6.07) is 22.8. The van der Waals surface area contributed by atoms with Crippen molar-refractivity contribution in [1.82, 2.24) is 0 Å². The molecule has 2 aliphatic rings. The smallest absolute Gasteiger partial charge is 0.196 e. The van der Waals surface area contributed by atoms with Gasteiger partial charge in [-0.3, -0.25) is 14.4 Å². The number of hydrogen-bond donors (Lipinski definition) is 0. The van der Waals surface area contributed by atoms with Gasteiger partial charge in [-0.2, -0.15) is 0 Å². The van der Waals surface area contributed by atoms with Gasteiger partial charge in [-0.15, -0.1) is 0 Å². The van der Waals surface area contributed by atoms with Crippen LogP contribution in [-0.4, -0.2) is 17.3 Å². The molecular formula is C33H21O4-. The van der Waals surface area contributed by atoms with Crippen LogP contribution in [0.15, 0.2) is 114 Å². The zero-order chi connectivity index (χ0) is 25.5. The molecule has 4 aromatic rings. The maximum absolute atomic E-state index is 13.0. The Bertz CT molecular complexity index is 1780. The molecular weight excluding hydrogens is 460 g/mol. The summed E-state index contributed by atoms with van der Waals surface area (Å²) in [5.41, 5.74) is 2.90. The fourth-order valence-electron chi connectivity index (χ4n) is 5.24. The van der Waals surface area contributed by atoms with Crippen LogP contribution in [0, 0.1) is 0 Å². The summed E-state index contributed by atoms with van der Waals surface area (Å²) in [7, 11) is 0. The summed E-state index contributed by atoms with van der Waals surface area (Å²) < 4.78 is 0. The van der Waals surface area contributed by atoms with Crippen molar-refractivity contribution in [1.29, 1.82) is 0 Å². The van der Waals surface area contributed by atoms with Crippen LogP contribution < -0.4 is 5.11 Å². The molecule has 0 spiro atoms. The monoisotopic (exact) mass is 481 g/mol. The van der Waals surface area contributed by atoms with E-state index in [9.17, 15) is 19.5 Å². The molecule has 4 nitrogen and oxygen atoms in total. The molecule has 0 N–H and O–H groups in total. The second kappa shape index (κ2) is 8.99. The van der Waals surface area contributed by atoms with Crippen molar-refractivity contribution in [2.45, 2.75) is 12.8 Å². The zero-order valence-corrected chi connectivity index (χ0v) is 19.9. The molecule has 0 aromatic heterocycles. The lowest BCUT2D eigenvalue weighted by molar-refractivity contribution is -0.244. The lowest BCUT2D eigenvalue weighted by Gasteiger charge is -2.26. The molecule has 0 radical (unpaired) electrons. The van der Waals surface area contributed by atoms with Crippen molar-refractivity contribution in [3.63, 3.8) is 0 Å². The van der Waals surface area contributed by atoms with E-state index in [0.29, 0.717) is 11.1 Å². The predicted octanol–water partition coefficient (Wildman–Crippen LogP) is 5.24. The molecule has 0 fully saturated rings. The highest BCUT2D eigenvalue weighted by Gasteiger charge is 2.29. The van der Waals surface area contributed by atoms with Gasteiger partial charge in [0.15, 0.2) is 17.3 Å². The first-order valence-corrected chi connectivity index (χ1v) is 12.1. The highest BCUT2D eigenvalue weighted by molar-refractivity contribution is 6.31. The molecule has 0 saturated heterocycles. The van der Waals surface area contributed by atoms with Gasteiger partial charge in [-0.25, -0.2) is 0 Å². The lowest BCUT2D eigenvalue weighted by Crippen LogP contribution is -2.23. The second-order valence-corrected chi connectivity index (χ2v) is 9.22. The highest BCUT2D eigenvalue weighted by atomic mass is 16.3. The van der Waals surface area contributed by atoms with Crippen LogP contribution in [0.2, 0.25) is 0 Å². The van der Waals surface area contributed by atoms with E-state index in [1.165, 1.54) is 12.2 Å². The number of allylic oxidation sites excluding steroid dienone is 7. The Morgan fingerprint density at radius 1 is 0.622 bits per heavy atom. The van der Waals surface area contributed by atoms with Crippen LogP contribution in [0.1, 0.15) is 27.0 Å². The molecule has 4 heteroatoms. The number of ketones is 3. The number of hydrogen-bond acceptors (Lipinski definition) is 4. The Morgan fingerprint density at radius 3 is 1.92 bits per heavy atom. The topological polar surface area (TPSA) is 74.3 Å². The molecule has 0 saturated carbocycles. The average molecular weight is 482 g/mol. The average Bonchev–Trinajstić information content (AvgIpc) is 2.91. The molecule has 2 aliphatic carbocycles. The Hall–Kier alpha value is -4.83. The summed E-state index contributed by atoms with van der Waals surface area (Å²) >= 11 is 0. The SMILES string of the molecule is O=C1Cc2c(ccc3ccccc23)C(=O)C1=CC=CC=CC1=C([O-])c2ccc3ccccc3c2CC1=O. The molecule has 4 aromatic carbocycles. The normalized spacial score (nSPS) is 17.0. The van der Waals surface area contributed by atoms with Gasteiger partial charge in [0.05, 0.1) is 5.57 Å². The third-order valence-electron chi connectivity index (χ3n) is 7.08. The van der Waals surface area contributed by atoms with E-state index < -0.39 is 0 Å². The van der Waals surface area contributed by atoms with Gasteiger partial charge in [-0.05, 0) is 44.3 Å². The van der Waals surface area contributed by atoms with E-state index in [1.807, 2.05) is 60.7 Å². The van der Waals surface area contributed by atoms with Crippen LogP contribution in [-0.2, 0) is 22.4 Å². The molecule has 178 valence electrons. The minimum atomic E-state index is -0.290. The first kappa shape index (κ1) is 22.6. The third kappa shape index (κ3) is 3.83. The third-order valence-corrected chi connectivity index (χ3v) is 7.08. The van der Waals surface area contributed by atoms with Gasteiger partial charge in [-0.1, -0.05) is 103 Å². The Labute approximate surface area is 213 Å². The van der Waals surface area contributed by atoms with Gasteiger partial charge in [0.25, 0.3) is 0 Å². The fraction of sp³-hybridized carbons (Fsp3) is 0.0606. The highest BCUT2D eigenvalue weighted by Crippen LogP contribution is 2.33. The Kier molecular flexibility index (Phi) is 5.50. The predicted molar refractivity (Wildman–Crippen MR) is 143 cm³/mol. The first-order chi connectivity index (χ1) is 18.0. The Balaban J connectivity index is 1.26. The number of Topliss-reactive ketones (excluding diaryl/α,β-unsaturated/α-hetero) is 3.